The van der Waals surface area contributed by atoms with E-state index in [0.717, 1.165) is 22.3 Å². The molecule has 110 valence electrons. The van der Waals surface area contributed by atoms with Gasteiger partial charge < -0.3 is 10.6 Å². The van der Waals surface area contributed by atoms with Crippen molar-refractivity contribution in [3.8, 4) is 0 Å². The van der Waals surface area contributed by atoms with Crippen LogP contribution in [0.1, 0.15) is 11.1 Å². The van der Waals surface area contributed by atoms with Crippen molar-refractivity contribution in [2.75, 3.05) is 10.6 Å². The Morgan fingerprint density at radius 2 is 1.68 bits per heavy atom. The normalized spacial score (nSPS) is 10.5. The third-order valence-electron chi connectivity index (χ3n) is 3.53. The number of hydrogen-bond donors (Lipinski definition) is 2. The van der Waals surface area contributed by atoms with E-state index < -0.39 is 0 Å². The van der Waals surface area contributed by atoms with E-state index in [1.807, 2.05) is 24.3 Å². The molecule has 0 saturated heterocycles. The van der Waals surface area contributed by atoms with Gasteiger partial charge in [0.1, 0.15) is 6.33 Å². The number of nitrogens with zero attached hydrogens (tertiary/aromatic N) is 2. The Hall–Kier alpha value is -2.53. The van der Waals surface area contributed by atoms with Crippen LogP contribution < -0.4 is 10.6 Å². The maximum absolute atomic E-state index is 5.36. The summed E-state index contributed by atoms with van der Waals surface area (Å²) in [5.41, 5.74) is 5.29. The first-order valence-corrected chi connectivity index (χ1v) is 7.38. The van der Waals surface area contributed by atoms with Crippen LogP contribution in [-0.2, 0) is 0 Å². The zero-order chi connectivity index (χ0) is 15.5. The number of aromatic nitrogens is 2. The van der Waals surface area contributed by atoms with Gasteiger partial charge in [-0.05, 0) is 67.5 Å². The first-order valence-electron chi connectivity index (χ1n) is 6.97. The fraction of sp³-hybridized carbons (Fsp3) is 0.118. The fourth-order valence-corrected chi connectivity index (χ4v) is 2.41. The van der Waals surface area contributed by atoms with Crippen LogP contribution in [0.3, 0.4) is 0 Å². The number of nitrogens with one attached hydrogen (secondary N) is 2. The Morgan fingerprint density at radius 3 is 2.45 bits per heavy atom. The van der Waals surface area contributed by atoms with Crippen LogP contribution in [0.2, 0.25) is 0 Å². The number of fused-ring (bicyclic) bond motifs is 1. The molecule has 0 fully saturated rings. The van der Waals surface area contributed by atoms with Crippen LogP contribution in [-0.4, -0.2) is 15.1 Å². The Morgan fingerprint density at radius 1 is 0.955 bits per heavy atom. The van der Waals surface area contributed by atoms with Gasteiger partial charge >= 0.3 is 0 Å². The lowest BCUT2D eigenvalue weighted by Crippen LogP contribution is -2.19. The molecule has 2 aromatic carbocycles. The third-order valence-corrected chi connectivity index (χ3v) is 3.73. The SMILES string of the molecule is Cc1ccc(NC(=S)Nc2ccc3ncncc3c2)cc1C. The summed E-state index contributed by atoms with van der Waals surface area (Å²) < 4.78 is 0. The number of anilines is 2. The van der Waals surface area contributed by atoms with Crippen LogP contribution in [0.4, 0.5) is 11.4 Å². The van der Waals surface area contributed by atoms with Gasteiger partial charge in [0, 0.05) is 23.0 Å². The first-order chi connectivity index (χ1) is 10.6. The summed E-state index contributed by atoms with van der Waals surface area (Å²) in [6, 6.07) is 12.0. The highest BCUT2D eigenvalue weighted by molar-refractivity contribution is 7.80. The summed E-state index contributed by atoms with van der Waals surface area (Å²) >= 11 is 5.36. The van der Waals surface area contributed by atoms with E-state index in [-0.39, 0.29) is 0 Å². The molecule has 5 heteroatoms. The standard InChI is InChI=1S/C17H16N4S/c1-11-3-4-14(7-12(11)2)20-17(22)21-15-5-6-16-13(8-15)9-18-10-19-16/h3-10H,1-2H3,(H2,20,21,22). The molecule has 2 N–H and O–H groups in total. The van der Waals surface area contributed by atoms with Gasteiger partial charge in [0.15, 0.2) is 5.11 Å². The van der Waals surface area contributed by atoms with Crippen molar-refractivity contribution in [3.05, 3.63) is 60.0 Å². The molecule has 0 aliphatic carbocycles. The van der Waals surface area contributed by atoms with Crippen molar-refractivity contribution in [2.45, 2.75) is 13.8 Å². The van der Waals surface area contributed by atoms with E-state index in [1.165, 1.54) is 11.1 Å². The average molecular weight is 308 g/mol. The summed E-state index contributed by atoms with van der Waals surface area (Å²) in [5, 5.41) is 7.91. The molecule has 0 atom stereocenters. The average Bonchev–Trinajstić information content (AvgIpc) is 2.51. The zero-order valence-electron chi connectivity index (χ0n) is 12.4. The summed E-state index contributed by atoms with van der Waals surface area (Å²) in [4.78, 5) is 8.23. The molecule has 3 aromatic rings. The molecule has 0 amide bonds. The molecule has 0 aliphatic rings. The fourth-order valence-electron chi connectivity index (χ4n) is 2.18. The highest BCUT2D eigenvalue weighted by Gasteiger charge is 2.02. The quantitative estimate of drug-likeness (QED) is 0.699. The van der Waals surface area contributed by atoms with Gasteiger partial charge in [-0.2, -0.15) is 0 Å². The lowest BCUT2D eigenvalue weighted by atomic mass is 10.1. The monoisotopic (exact) mass is 308 g/mol. The smallest absolute Gasteiger partial charge is 0.175 e. The molecule has 0 aliphatic heterocycles. The van der Waals surface area contributed by atoms with E-state index in [0.29, 0.717) is 5.11 Å². The van der Waals surface area contributed by atoms with Crippen LogP contribution in [0, 0.1) is 13.8 Å². The second kappa shape index (κ2) is 6.07. The van der Waals surface area contributed by atoms with Crippen molar-refractivity contribution in [2.24, 2.45) is 0 Å². The van der Waals surface area contributed by atoms with Crippen LogP contribution in [0.5, 0.6) is 0 Å². The molecule has 3 rings (SSSR count). The Labute approximate surface area is 134 Å². The minimum Gasteiger partial charge on any atom is -0.332 e. The molecule has 0 radical (unpaired) electrons. The number of benzene rings is 2. The molecule has 1 heterocycles. The van der Waals surface area contributed by atoms with Crippen molar-refractivity contribution in [1.29, 1.82) is 0 Å². The maximum atomic E-state index is 5.36. The number of hydrogen-bond acceptors (Lipinski definition) is 3. The Kier molecular flexibility index (Phi) is 3.98. The number of thiocarbonyl (C=S) groups is 1. The first kappa shape index (κ1) is 14.4. The molecule has 22 heavy (non-hydrogen) atoms. The van der Waals surface area contributed by atoms with Gasteiger partial charge in [-0.25, -0.2) is 9.97 Å². The highest BCUT2D eigenvalue weighted by Crippen LogP contribution is 2.18. The van der Waals surface area contributed by atoms with Gasteiger partial charge in [-0.1, -0.05) is 6.07 Å². The molecule has 0 spiro atoms. The van der Waals surface area contributed by atoms with E-state index in [2.05, 4.69) is 46.6 Å². The minimum absolute atomic E-state index is 0.555. The second-order valence-electron chi connectivity index (χ2n) is 5.17. The maximum Gasteiger partial charge on any atom is 0.175 e. The van der Waals surface area contributed by atoms with E-state index in [4.69, 9.17) is 12.2 Å². The second-order valence-corrected chi connectivity index (χ2v) is 5.58. The topological polar surface area (TPSA) is 49.8 Å². The molecule has 1 aromatic heterocycles. The highest BCUT2D eigenvalue weighted by atomic mass is 32.1. The minimum atomic E-state index is 0.555. The molecule has 0 bridgehead atoms. The summed E-state index contributed by atoms with van der Waals surface area (Å²) in [7, 11) is 0. The van der Waals surface area contributed by atoms with Crippen LogP contribution in [0.25, 0.3) is 10.9 Å². The predicted molar refractivity (Wildman–Crippen MR) is 95.3 cm³/mol. The Balaban J connectivity index is 1.73. The van der Waals surface area contributed by atoms with Gasteiger partial charge in [0.05, 0.1) is 5.52 Å². The Bertz CT molecular complexity index is 845. The van der Waals surface area contributed by atoms with Crippen molar-refractivity contribution in [1.82, 2.24) is 9.97 Å². The lowest BCUT2D eigenvalue weighted by Gasteiger charge is -2.12. The van der Waals surface area contributed by atoms with E-state index in [1.54, 1.807) is 12.5 Å². The largest absolute Gasteiger partial charge is 0.332 e. The van der Waals surface area contributed by atoms with Crippen LogP contribution >= 0.6 is 12.2 Å². The number of rotatable bonds is 2. The van der Waals surface area contributed by atoms with Gasteiger partial charge in [-0.3, -0.25) is 0 Å². The lowest BCUT2D eigenvalue weighted by molar-refractivity contribution is 1.22. The van der Waals surface area contributed by atoms with Crippen LogP contribution in [0.15, 0.2) is 48.9 Å². The van der Waals surface area contributed by atoms with Crippen molar-refractivity contribution < 1.29 is 0 Å². The van der Waals surface area contributed by atoms with Crippen molar-refractivity contribution in [3.63, 3.8) is 0 Å². The zero-order valence-corrected chi connectivity index (χ0v) is 13.2. The van der Waals surface area contributed by atoms with Gasteiger partial charge in [-0.15, -0.1) is 0 Å². The number of aryl methyl sites for hydroxylation is 2. The molecular weight excluding hydrogens is 292 g/mol. The summed E-state index contributed by atoms with van der Waals surface area (Å²) in [6.45, 7) is 4.17. The van der Waals surface area contributed by atoms with E-state index >= 15 is 0 Å². The van der Waals surface area contributed by atoms with E-state index in [9.17, 15) is 0 Å². The molecule has 0 saturated carbocycles. The molecule has 0 unspecified atom stereocenters. The molecular formula is C17H16N4S. The summed E-state index contributed by atoms with van der Waals surface area (Å²) in [6.07, 6.45) is 3.33. The van der Waals surface area contributed by atoms with Crippen molar-refractivity contribution >= 4 is 39.6 Å². The van der Waals surface area contributed by atoms with Gasteiger partial charge in [0.25, 0.3) is 0 Å². The molecule has 4 nitrogen and oxygen atoms in total. The third kappa shape index (κ3) is 3.20. The predicted octanol–water partition coefficient (Wildman–Crippen LogP) is 4.06. The summed E-state index contributed by atoms with van der Waals surface area (Å²) in [5.74, 6) is 0. The van der Waals surface area contributed by atoms with Gasteiger partial charge in [0.2, 0.25) is 0 Å².